The third kappa shape index (κ3) is 2.60. The number of benzene rings is 1. The minimum Gasteiger partial charge on any atom is -0.314 e. The van der Waals surface area contributed by atoms with Crippen molar-refractivity contribution in [2.75, 3.05) is 6.54 Å². The molecule has 110 valence electrons. The Hall–Kier alpha value is -0.960. The fraction of sp³-hybridized carbons (Fsp3) is 0.647. The second-order valence-corrected chi connectivity index (χ2v) is 6.26. The molecule has 0 bridgehead atoms. The van der Waals surface area contributed by atoms with Crippen molar-refractivity contribution >= 4 is 0 Å². The quantitative estimate of drug-likeness (QED) is 0.861. The van der Waals surface area contributed by atoms with Crippen LogP contribution in [-0.2, 0) is 6.42 Å². The Morgan fingerprint density at radius 1 is 1.15 bits per heavy atom. The average Bonchev–Trinajstić information content (AvgIpc) is 3.16. The summed E-state index contributed by atoms with van der Waals surface area (Å²) in [4.78, 5) is 0. The fourth-order valence-corrected chi connectivity index (χ4v) is 4.20. The molecule has 1 nitrogen and oxygen atoms in total. The number of hydrogen-bond donors (Lipinski definition) is 1. The first-order valence-electron chi connectivity index (χ1n) is 7.88. The van der Waals surface area contributed by atoms with Crippen LogP contribution in [0.25, 0.3) is 0 Å². The van der Waals surface area contributed by atoms with Crippen molar-refractivity contribution in [3.63, 3.8) is 0 Å². The second-order valence-electron chi connectivity index (χ2n) is 6.26. The van der Waals surface area contributed by atoms with Crippen LogP contribution in [0.15, 0.2) is 18.2 Å². The van der Waals surface area contributed by atoms with Gasteiger partial charge in [-0.05, 0) is 55.7 Å². The van der Waals surface area contributed by atoms with E-state index in [4.69, 9.17) is 0 Å². The van der Waals surface area contributed by atoms with Gasteiger partial charge in [0.15, 0.2) is 0 Å². The van der Waals surface area contributed by atoms with E-state index in [2.05, 4.69) is 12.2 Å². The highest BCUT2D eigenvalue weighted by atomic mass is 19.1. The number of likely N-dealkylation sites (N-methyl/N-ethyl adjacent to an activating group) is 1. The molecule has 0 heterocycles. The van der Waals surface area contributed by atoms with Gasteiger partial charge in [0.1, 0.15) is 11.6 Å². The fourth-order valence-electron chi connectivity index (χ4n) is 4.20. The summed E-state index contributed by atoms with van der Waals surface area (Å²) < 4.78 is 27.7. The molecular weight excluding hydrogens is 256 g/mol. The smallest absolute Gasteiger partial charge is 0.129 e. The lowest BCUT2D eigenvalue weighted by Crippen LogP contribution is -2.34. The van der Waals surface area contributed by atoms with Crippen LogP contribution in [0.2, 0.25) is 0 Å². The van der Waals surface area contributed by atoms with Crippen LogP contribution in [0.4, 0.5) is 8.78 Å². The van der Waals surface area contributed by atoms with Gasteiger partial charge in [-0.25, -0.2) is 8.78 Å². The van der Waals surface area contributed by atoms with Gasteiger partial charge in [-0.1, -0.05) is 25.8 Å². The number of hydrogen-bond acceptors (Lipinski definition) is 1. The van der Waals surface area contributed by atoms with Crippen LogP contribution in [0, 0.1) is 29.4 Å². The predicted molar refractivity (Wildman–Crippen MR) is 76.5 cm³/mol. The van der Waals surface area contributed by atoms with Gasteiger partial charge in [0.05, 0.1) is 0 Å². The van der Waals surface area contributed by atoms with Crippen LogP contribution in [0.5, 0.6) is 0 Å². The molecule has 1 aromatic rings. The predicted octanol–water partition coefficient (Wildman–Crippen LogP) is 3.92. The first-order valence-corrected chi connectivity index (χ1v) is 7.88. The summed E-state index contributed by atoms with van der Waals surface area (Å²) in [6.45, 7) is 2.92. The van der Waals surface area contributed by atoms with Crippen molar-refractivity contribution in [3.8, 4) is 0 Å². The van der Waals surface area contributed by atoms with Crippen LogP contribution < -0.4 is 5.32 Å². The van der Waals surface area contributed by atoms with Crippen molar-refractivity contribution < 1.29 is 8.78 Å². The highest BCUT2D eigenvalue weighted by Crippen LogP contribution is 2.57. The van der Waals surface area contributed by atoms with Gasteiger partial charge in [-0.3, -0.25) is 0 Å². The van der Waals surface area contributed by atoms with Gasteiger partial charge in [0.25, 0.3) is 0 Å². The highest BCUT2D eigenvalue weighted by Gasteiger charge is 2.53. The lowest BCUT2D eigenvalue weighted by molar-refractivity contribution is 0.421. The second kappa shape index (κ2) is 5.80. The molecule has 2 aliphatic rings. The molecule has 2 saturated carbocycles. The molecule has 0 spiro atoms. The molecule has 0 aromatic heterocycles. The van der Waals surface area contributed by atoms with Crippen molar-refractivity contribution in [2.24, 2.45) is 17.8 Å². The summed E-state index contributed by atoms with van der Waals surface area (Å²) >= 11 is 0. The van der Waals surface area contributed by atoms with E-state index >= 15 is 0 Å². The Morgan fingerprint density at radius 3 is 2.30 bits per heavy atom. The largest absolute Gasteiger partial charge is 0.314 e. The van der Waals surface area contributed by atoms with E-state index in [1.807, 2.05) is 0 Å². The Morgan fingerprint density at radius 2 is 1.75 bits per heavy atom. The molecule has 0 aliphatic heterocycles. The Labute approximate surface area is 119 Å². The van der Waals surface area contributed by atoms with Crippen LogP contribution >= 0.6 is 0 Å². The van der Waals surface area contributed by atoms with Gasteiger partial charge in [-0.15, -0.1) is 0 Å². The zero-order chi connectivity index (χ0) is 14.1. The average molecular weight is 279 g/mol. The van der Waals surface area contributed by atoms with Crippen molar-refractivity contribution in [3.05, 3.63) is 35.4 Å². The van der Waals surface area contributed by atoms with E-state index in [1.54, 1.807) is 0 Å². The van der Waals surface area contributed by atoms with E-state index in [0.717, 1.165) is 18.4 Å². The molecule has 3 unspecified atom stereocenters. The summed E-state index contributed by atoms with van der Waals surface area (Å²) in [6, 6.07) is 4.38. The number of rotatable bonds is 5. The maximum atomic E-state index is 13.8. The third-order valence-corrected chi connectivity index (χ3v) is 5.14. The van der Waals surface area contributed by atoms with Gasteiger partial charge in [0, 0.05) is 11.6 Å². The molecule has 3 atom stereocenters. The van der Waals surface area contributed by atoms with E-state index in [9.17, 15) is 8.78 Å². The number of fused-ring (bicyclic) bond motifs is 1. The molecule has 2 aliphatic carbocycles. The van der Waals surface area contributed by atoms with Crippen molar-refractivity contribution in [1.82, 2.24) is 5.32 Å². The SMILES string of the molecule is CCNC(Cc1c(F)cccc1F)C1C2CCCCC21. The first kappa shape index (κ1) is 14.0. The Kier molecular flexibility index (Phi) is 4.06. The van der Waals surface area contributed by atoms with Crippen molar-refractivity contribution in [2.45, 2.75) is 45.1 Å². The topological polar surface area (TPSA) is 12.0 Å². The van der Waals surface area contributed by atoms with E-state index in [1.165, 1.54) is 43.9 Å². The molecule has 2 fully saturated rings. The van der Waals surface area contributed by atoms with Crippen molar-refractivity contribution in [1.29, 1.82) is 0 Å². The zero-order valence-electron chi connectivity index (χ0n) is 12.0. The molecule has 1 aromatic carbocycles. The van der Waals surface area contributed by atoms with Gasteiger partial charge >= 0.3 is 0 Å². The van der Waals surface area contributed by atoms with Gasteiger partial charge in [-0.2, -0.15) is 0 Å². The molecule has 0 radical (unpaired) electrons. The molecule has 0 saturated heterocycles. The summed E-state index contributed by atoms with van der Waals surface area (Å²) in [5, 5.41) is 3.47. The monoisotopic (exact) mass is 279 g/mol. The Balaban J connectivity index is 1.75. The molecule has 20 heavy (non-hydrogen) atoms. The van der Waals surface area contributed by atoms with Gasteiger partial charge < -0.3 is 5.32 Å². The zero-order valence-corrected chi connectivity index (χ0v) is 12.0. The summed E-state index contributed by atoms with van der Waals surface area (Å²) in [7, 11) is 0. The summed E-state index contributed by atoms with van der Waals surface area (Å²) in [5.41, 5.74) is 0.252. The summed E-state index contributed by atoms with van der Waals surface area (Å²) in [5.74, 6) is 1.40. The van der Waals surface area contributed by atoms with Crippen LogP contribution in [0.3, 0.4) is 0 Å². The summed E-state index contributed by atoms with van der Waals surface area (Å²) in [6.07, 6.45) is 5.73. The first-order chi connectivity index (χ1) is 9.72. The maximum Gasteiger partial charge on any atom is 0.129 e. The van der Waals surface area contributed by atoms with Crippen LogP contribution in [0.1, 0.15) is 38.2 Å². The molecule has 3 heteroatoms. The molecule has 3 rings (SSSR count). The van der Waals surface area contributed by atoms with Gasteiger partial charge in [0.2, 0.25) is 0 Å². The van der Waals surface area contributed by atoms with E-state index in [0.29, 0.717) is 12.3 Å². The molecule has 0 amide bonds. The van der Waals surface area contributed by atoms with E-state index < -0.39 is 11.6 Å². The highest BCUT2D eigenvalue weighted by molar-refractivity contribution is 5.22. The number of halogens is 2. The molecule has 1 N–H and O–H groups in total. The maximum absolute atomic E-state index is 13.8. The Bertz CT molecular complexity index is 442. The molecular formula is C17H23F2N. The van der Waals surface area contributed by atoms with E-state index in [-0.39, 0.29) is 11.6 Å². The lowest BCUT2D eigenvalue weighted by Gasteiger charge is -2.19. The van der Waals surface area contributed by atoms with Crippen LogP contribution in [-0.4, -0.2) is 12.6 Å². The minimum absolute atomic E-state index is 0.222. The third-order valence-electron chi connectivity index (χ3n) is 5.14. The lowest BCUT2D eigenvalue weighted by atomic mass is 9.99. The number of nitrogens with one attached hydrogen (secondary N) is 1. The minimum atomic E-state index is -0.406. The standard InChI is InChI=1S/C17H23F2N/c1-2-20-16(17-11-6-3-4-7-12(11)17)10-13-14(18)8-5-9-15(13)19/h5,8-9,11-12,16-17,20H,2-4,6-7,10H2,1H3. The normalized spacial score (nSPS) is 29.9.